The van der Waals surface area contributed by atoms with Gasteiger partial charge in [0.25, 0.3) is 0 Å². The van der Waals surface area contributed by atoms with Crippen LogP contribution < -0.4 is 5.32 Å². The molecule has 2 aliphatic rings. The van der Waals surface area contributed by atoms with E-state index in [1.165, 1.54) is 30.9 Å². The fourth-order valence-corrected chi connectivity index (χ4v) is 11.6. The van der Waals surface area contributed by atoms with E-state index in [1.54, 1.807) is 6.07 Å². The van der Waals surface area contributed by atoms with Crippen LogP contribution in [0.3, 0.4) is 0 Å². The van der Waals surface area contributed by atoms with Crippen molar-refractivity contribution in [1.29, 1.82) is 0 Å². The number of nitrogens with one attached hydrogen (secondary N) is 1. The van der Waals surface area contributed by atoms with Crippen LogP contribution in [0.25, 0.3) is 11.0 Å². The molecule has 17 nitrogen and oxygen atoms in total. The Morgan fingerprint density at radius 3 is 2.42 bits per heavy atom. The third kappa shape index (κ3) is 6.46. The Balaban J connectivity index is 1.72. The Bertz CT molecular complexity index is 1430. The molecular formula is C19H25BN4O13P3+. The number of carbonyl (C=O) groups excluding carboxylic acids is 3. The maximum absolute atomic E-state index is 12.2. The van der Waals surface area contributed by atoms with Crippen LogP contribution >= 0.6 is 23.0 Å². The van der Waals surface area contributed by atoms with Gasteiger partial charge in [-0.25, -0.2) is 9.97 Å². The summed E-state index contributed by atoms with van der Waals surface area (Å²) >= 11 is 0. The lowest BCUT2D eigenvalue weighted by molar-refractivity contribution is -0.184. The number of ether oxygens (including phenoxy) is 3. The summed E-state index contributed by atoms with van der Waals surface area (Å²) in [6.07, 6.45) is -1.20. The van der Waals surface area contributed by atoms with Crippen LogP contribution in [0.15, 0.2) is 18.6 Å². The predicted molar refractivity (Wildman–Crippen MR) is 137 cm³/mol. The molecule has 2 fully saturated rings. The van der Waals surface area contributed by atoms with Crippen molar-refractivity contribution in [3.63, 3.8) is 0 Å². The fourth-order valence-electron chi connectivity index (χ4n) is 4.44. The van der Waals surface area contributed by atoms with Gasteiger partial charge in [-0.15, -0.1) is 8.62 Å². The van der Waals surface area contributed by atoms with Crippen LogP contribution in [0.1, 0.15) is 33.9 Å². The smallest absolute Gasteiger partial charge is 0.455 e. The molecule has 4 rings (SSSR count). The summed E-state index contributed by atoms with van der Waals surface area (Å²) in [5.74, 6) is -2.92. The van der Waals surface area contributed by atoms with Gasteiger partial charge in [0.15, 0.2) is 23.8 Å². The predicted octanol–water partition coefficient (Wildman–Crippen LogP) is 1.78. The highest BCUT2D eigenvalue weighted by Gasteiger charge is 2.63. The zero-order valence-electron chi connectivity index (χ0n) is 21.5. The Hall–Kier alpha value is -2.26. The SMILES string of the molecule is [B][P+]1(OC[C@H]2O[C@@H](n3ccc4c(NC(C)=O)ncnc43)C(C)(OC(C)=O)[C@H]2OC(C)=O)OP(=O)(O)CP(=O)(O)O1. The number of nitrogens with zero attached hydrogens (tertiary/aromatic N) is 3. The number of amides is 1. The van der Waals surface area contributed by atoms with E-state index < -0.39 is 71.5 Å². The lowest BCUT2D eigenvalue weighted by Crippen LogP contribution is -2.50. The van der Waals surface area contributed by atoms with E-state index in [4.69, 9.17) is 34.9 Å². The van der Waals surface area contributed by atoms with Crippen LogP contribution in [0.2, 0.25) is 0 Å². The molecule has 1 amide bonds. The minimum Gasteiger partial charge on any atom is -0.455 e. The van der Waals surface area contributed by atoms with E-state index in [0.717, 1.165) is 13.8 Å². The van der Waals surface area contributed by atoms with Gasteiger partial charge in [-0.05, 0) is 13.0 Å². The van der Waals surface area contributed by atoms with Crippen molar-refractivity contribution in [1.82, 2.24) is 14.5 Å². The number of anilines is 1. The summed E-state index contributed by atoms with van der Waals surface area (Å²) in [5.41, 5.74) is -1.49. The van der Waals surface area contributed by atoms with Gasteiger partial charge in [0, 0.05) is 27.0 Å². The van der Waals surface area contributed by atoms with Crippen molar-refractivity contribution in [2.75, 3.05) is 17.8 Å². The summed E-state index contributed by atoms with van der Waals surface area (Å²) in [6.45, 7) is 4.30. The molecule has 21 heteroatoms. The molecule has 216 valence electrons. The van der Waals surface area contributed by atoms with Crippen molar-refractivity contribution in [3.8, 4) is 0 Å². The normalized spacial score (nSPS) is 35.8. The second-order valence-corrected chi connectivity index (χ2v) is 15.4. The summed E-state index contributed by atoms with van der Waals surface area (Å²) in [4.78, 5) is 63.8. The highest BCUT2D eigenvalue weighted by Crippen LogP contribution is 2.82. The number of rotatable bonds is 7. The molecule has 0 bridgehead atoms. The van der Waals surface area contributed by atoms with Gasteiger partial charge in [-0.1, -0.05) is 0 Å². The Morgan fingerprint density at radius 1 is 1.20 bits per heavy atom. The number of hydrogen-bond acceptors (Lipinski definition) is 13. The zero-order chi connectivity index (χ0) is 29.7. The molecule has 2 radical (unpaired) electrons. The molecule has 0 aromatic carbocycles. The van der Waals surface area contributed by atoms with Gasteiger partial charge in [0.05, 0.1) is 5.39 Å². The first-order valence-electron chi connectivity index (χ1n) is 11.4. The highest BCUT2D eigenvalue weighted by atomic mass is 31.3. The molecule has 2 saturated heterocycles. The molecule has 4 heterocycles. The van der Waals surface area contributed by atoms with Crippen molar-refractivity contribution in [2.24, 2.45) is 0 Å². The summed E-state index contributed by atoms with van der Waals surface area (Å²) in [7, 11) is -7.83. The van der Waals surface area contributed by atoms with E-state index in [2.05, 4.69) is 15.3 Å². The standard InChI is InChI=1S/C19H25BN4O13P3/c1-10(25)23-16-13-5-6-24(17(13)22-8-21-16)18-19(4,35-12(3)27)15(33-11(2)26)14(34-18)7-32-40(20)36-38(28,29)9-39(30,31)37-40/h5-6,8,14-15,18H,7,9H2,1-4H3,(H,28,29)(H,30,31)(H,21,22,23,25)/q+1/t14-,15+,18-,19?/m1/s1. The number of esters is 2. The minimum atomic E-state index is -4.65. The number of fused-ring (bicyclic) bond motifs is 1. The quantitative estimate of drug-likeness (QED) is 0.228. The minimum absolute atomic E-state index is 0.197. The molecule has 0 aliphatic carbocycles. The fraction of sp³-hybridized carbons (Fsp3) is 0.526. The molecule has 3 unspecified atom stereocenters. The van der Waals surface area contributed by atoms with Gasteiger partial charge in [-0.2, -0.15) is 4.52 Å². The molecule has 40 heavy (non-hydrogen) atoms. The van der Waals surface area contributed by atoms with Crippen LogP contribution in [-0.2, 0) is 50.9 Å². The van der Waals surface area contributed by atoms with Crippen molar-refractivity contribution >= 4 is 65.3 Å². The molecule has 2 aromatic rings. The molecule has 0 spiro atoms. The van der Waals surface area contributed by atoms with E-state index in [9.17, 15) is 33.3 Å². The summed E-state index contributed by atoms with van der Waals surface area (Å²) in [5, 5.41) is 2.98. The first kappa shape index (κ1) is 30.7. The van der Waals surface area contributed by atoms with Crippen molar-refractivity contribution < 1.29 is 60.7 Å². The Kier molecular flexibility index (Phi) is 8.34. The Labute approximate surface area is 228 Å². The van der Waals surface area contributed by atoms with Crippen LogP contribution in [0.5, 0.6) is 0 Å². The van der Waals surface area contributed by atoms with Gasteiger partial charge < -0.3 is 33.9 Å². The van der Waals surface area contributed by atoms with Gasteiger partial charge >= 0.3 is 42.5 Å². The van der Waals surface area contributed by atoms with Crippen molar-refractivity contribution in [3.05, 3.63) is 18.6 Å². The monoisotopic (exact) mass is 621 g/mol. The molecular weight excluding hydrogens is 596 g/mol. The average molecular weight is 621 g/mol. The third-order valence-corrected chi connectivity index (χ3v) is 12.9. The second kappa shape index (κ2) is 10.9. The first-order chi connectivity index (χ1) is 18.4. The zero-order valence-corrected chi connectivity index (χ0v) is 24.2. The Morgan fingerprint density at radius 2 is 1.85 bits per heavy atom. The van der Waals surface area contributed by atoms with E-state index >= 15 is 0 Å². The highest BCUT2D eigenvalue weighted by molar-refractivity contribution is 7.96. The van der Waals surface area contributed by atoms with Crippen LogP contribution in [-0.4, -0.2) is 80.1 Å². The maximum Gasteiger partial charge on any atom is 0.490 e. The van der Waals surface area contributed by atoms with Gasteiger partial charge in [-0.3, -0.25) is 23.5 Å². The first-order valence-corrected chi connectivity index (χ1v) is 16.6. The lowest BCUT2D eigenvalue weighted by atomic mass is 9.95. The maximum atomic E-state index is 12.2. The molecule has 2 aromatic heterocycles. The van der Waals surface area contributed by atoms with Crippen LogP contribution in [0.4, 0.5) is 5.82 Å². The molecule has 2 aliphatic heterocycles. The average Bonchev–Trinajstić information content (AvgIpc) is 3.29. The molecule has 6 atom stereocenters. The van der Waals surface area contributed by atoms with Crippen LogP contribution in [0, 0.1) is 0 Å². The lowest BCUT2D eigenvalue weighted by Gasteiger charge is -2.34. The summed E-state index contributed by atoms with van der Waals surface area (Å²) in [6, 6.07) is 1.57. The largest absolute Gasteiger partial charge is 0.490 e. The van der Waals surface area contributed by atoms with E-state index in [0.29, 0.717) is 5.39 Å². The van der Waals surface area contributed by atoms with E-state index in [-0.39, 0.29) is 17.4 Å². The van der Waals surface area contributed by atoms with Gasteiger partial charge in [0.1, 0.15) is 30.5 Å². The number of aromatic nitrogens is 3. The third-order valence-electron chi connectivity index (χ3n) is 5.67. The van der Waals surface area contributed by atoms with Crippen molar-refractivity contribution in [2.45, 2.75) is 51.7 Å². The van der Waals surface area contributed by atoms with E-state index in [1.807, 2.05) is 0 Å². The number of carbonyl (C=O) groups is 3. The number of hydrogen-bond donors (Lipinski definition) is 3. The molecule has 0 saturated carbocycles. The summed E-state index contributed by atoms with van der Waals surface area (Å²) < 4.78 is 57.9. The second-order valence-electron chi connectivity index (χ2n) is 9.11. The topological polar surface area (TPSA) is 224 Å². The molecule has 3 N–H and O–H groups in total. The van der Waals surface area contributed by atoms with Gasteiger partial charge in [0.2, 0.25) is 5.91 Å².